The van der Waals surface area contributed by atoms with E-state index in [1.807, 2.05) is 12.1 Å². The molecule has 4 nitrogen and oxygen atoms in total. The van der Waals surface area contributed by atoms with Crippen LogP contribution in [0.3, 0.4) is 0 Å². The highest BCUT2D eigenvalue weighted by molar-refractivity contribution is 7.18. The number of carbonyl (C=O) groups excluding carboxylic acids is 1. The van der Waals surface area contributed by atoms with Gasteiger partial charge in [-0.05, 0) is 50.7 Å². The average molecular weight is 374 g/mol. The second-order valence-electron chi connectivity index (χ2n) is 7.73. The lowest BCUT2D eigenvalue weighted by Crippen LogP contribution is -2.49. The molecule has 0 radical (unpaired) electrons. The largest absolute Gasteiger partial charge is 0.342 e. The Bertz CT molecular complexity index is 710. The first-order valence-electron chi connectivity index (χ1n) is 9.88. The lowest BCUT2D eigenvalue weighted by Gasteiger charge is -2.40. The first-order chi connectivity index (χ1) is 12.5. The molecule has 1 saturated heterocycles. The van der Waals surface area contributed by atoms with Gasteiger partial charge in [-0.25, -0.2) is 4.98 Å². The zero-order valence-electron chi connectivity index (χ0n) is 16.2. The van der Waals surface area contributed by atoms with E-state index in [9.17, 15) is 4.79 Å². The maximum absolute atomic E-state index is 13.4. The predicted octanol–water partition coefficient (Wildman–Crippen LogP) is 4.23. The summed E-state index contributed by atoms with van der Waals surface area (Å²) in [4.78, 5) is 20.3. The maximum Gasteiger partial charge on any atom is 0.229 e. The van der Waals surface area contributed by atoms with Crippen LogP contribution in [0, 0.1) is 11.3 Å². The Labute approximate surface area is 160 Å². The number of nitrogens with two attached hydrogens (primary N) is 1. The summed E-state index contributed by atoms with van der Waals surface area (Å²) in [6.45, 7) is 8.05. The molecule has 0 aliphatic carbocycles. The lowest BCUT2D eigenvalue weighted by atomic mass is 9.77. The molecule has 3 rings (SSSR count). The fraction of sp³-hybridized carbons (Fsp3) is 0.619. The number of benzene rings is 1. The standard InChI is InChI=1S/C21H31N3OS/c1-4-21(5-2,14-19-23-17-8-6-7-9-18(17)26-19)20(25)24-12-10-16(11-13-24)15(3)22/h6-9,15-16H,4-5,10-14,22H2,1-3H3. The molecule has 5 heteroatoms. The molecule has 2 aromatic rings. The van der Waals surface area contributed by atoms with Crippen LogP contribution in [0.4, 0.5) is 0 Å². The van der Waals surface area contributed by atoms with Gasteiger partial charge in [0.05, 0.1) is 20.6 Å². The Kier molecular flexibility index (Phi) is 5.98. The number of nitrogens with zero attached hydrogens (tertiary/aromatic N) is 2. The molecule has 142 valence electrons. The summed E-state index contributed by atoms with van der Waals surface area (Å²) in [6, 6.07) is 8.45. The summed E-state index contributed by atoms with van der Waals surface area (Å²) in [6.07, 6.45) is 4.49. The van der Waals surface area contributed by atoms with E-state index in [0.29, 0.717) is 11.8 Å². The Hall–Kier alpha value is -1.46. The number of fused-ring (bicyclic) bond motifs is 1. The van der Waals surface area contributed by atoms with Crippen LogP contribution in [0.5, 0.6) is 0 Å². The Morgan fingerprint density at radius 1 is 1.31 bits per heavy atom. The molecule has 2 N–H and O–H groups in total. The molecule has 1 aromatic heterocycles. The zero-order valence-corrected chi connectivity index (χ0v) is 17.0. The summed E-state index contributed by atoms with van der Waals surface area (Å²) in [5.41, 5.74) is 6.76. The van der Waals surface area contributed by atoms with E-state index in [2.05, 4.69) is 37.8 Å². The molecule has 0 spiro atoms. The molecule has 1 aliphatic heterocycles. The zero-order chi connectivity index (χ0) is 18.7. The van der Waals surface area contributed by atoms with Crippen LogP contribution in [0.25, 0.3) is 10.2 Å². The van der Waals surface area contributed by atoms with Crippen molar-refractivity contribution in [2.45, 2.75) is 58.9 Å². The third-order valence-corrected chi connectivity index (χ3v) is 7.24. The number of piperidine rings is 1. The molecule has 1 fully saturated rings. The molecule has 0 bridgehead atoms. The van der Waals surface area contributed by atoms with Gasteiger partial charge in [0.25, 0.3) is 0 Å². The van der Waals surface area contributed by atoms with Gasteiger partial charge in [0.15, 0.2) is 0 Å². The number of thiazole rings is 1. The quantitative estimate of drug-likeness (QED) is 0.824. The van der Waals surface area contributed by atoms with Crippen LogP contribution in [-0.4, -0.2) is 34.9 Å². The third kappa shape index (κ3) is 3.79. The van der Waals surface area contributed by atoms with Crippen LogP contribution < -0.4 is 5.73 Å². The van der Waals surface area contributed by atoms with Crippen molar-refractivity contribution in [1.29, 1.82) is 0 Å². The fourth-order valence-electron chi connectivity index (χ4n) is 4.13. The van der Waals surface area contributed by atoms with Crippen LogP contribution >= 0.6 is 11.3 Å². The molecule has 1 aromatic carbocycles. The second-order valence-corrected chi connectivity index (χ2v) is 8.84. The minimum Gasteiger partial charge on any atom is -0.342 e. The summed E-state index contributed by atoms with van der Waals surface area (Å²) >= 11 is 1.72. The number of hydrogen-bond acceptors (Lipinski definition) is 4. The van der Waals surface area contributed by atoms with E-state index in [1.54, 1.807) is 11.3 Å². The number of para-hydroxylation sites is 1. The highest BCUT2D eigenvalue weighted by Gasteiger charge is 2.40. The summed E-state index contributed by atoms with van der Waals surface area (Å²) in [5.74, 6) is 0.853. The molecule has 26 heavy (non-hydrogen) atoms. The van der Waals surface area contributed by atoms with Gasteiger partial charge in [0.2, 0.25) is 5.91 Å². The number of aromatic nitrogens is 1. The summed E-state index contributed by atoms with van der Waals surface area (Å²) in [5, 5.41) is 1.08. The van der Waals surface area contributed by atoms with Crippen LogP contribution in [0.15, 0.2) is 24.3 Å². The molecule has 1 unspecified atom stereocenters. The molecule has 0 saturated carbocycles. The van der Waals surface area contributed by atoms with Crippen LogP contribution in [0.2, 0.25) is 0 Å². The Morgan fingerprint density at radius 3 is 2.54 bits per heavy atom. The van der Waals surface area contributed by atoms with Gasteiger partial charge in [-0.3, -0.25) is 4.79 Å². The average Bonchev–Trinajstić information content (AvgIpc) is 3.08. The number of amides is 1. The Morgan fingerprint density at radius 2 is 1.96 bits per heavy atom. The fourth-order valence-corrected chi connectivity index (χ4v) is 5.24. The molecule has 2 heterocycles. The van der Waals surface area contributed by atoms with Gasteiger partial charge in [-0.1, -0.05) is 26.0 Å². The Balaban J connectivity index is 1.77. The molecule has 1 amide bonds. The predicted molar refractivity (Wildman–Crippen MR) is 109 cm³/mol. The molecular formula is C21H31N3OS. The maximum atomic E-state index is 13.4. The van der Waals surface area contributed by atoms with E-state index in [4.69, 9.17) is 10.7 Å². The van der Waals surface area contributed by atoms with Gasteiger partial charge in [-0.2, -0.15) is 0 Å². The van der Waals surface area contributed by atoms with Gasteiger partial charge >= 0.3 is 0 Å². The minimum absolute atomic E-state index is 0.220. The van der Waals surface area contributed by atoms with Crippen LogP contribution in [0.1, 0.15) is 51.5 Å². The smallest absolute Gasteiger partial charge is 0.229 e. The molecule has 1 atom stereocenters. The molecule has 1 aliphatic rings. The SMILES string of the molecule is CCC(CC)(Cc1nc2ccccc2s1)C(=O)N1CCC(C(C)N)CC1. The van der Waals surface area contributed by atoms with Crippen molar-refractivity contribution in [1.82, 2.24) is 9.88 Å². The van der Waals surface area contributed by atoms with E-state index < -0.39 is 0 Å². The highest BCUT2D eigenvalue weighted by Crippen LogP contribution is 2.37. The van der Waals surface area contributed by atoms with Gasteiger partial charge in [0, 0.05) is 25.6 Å². The van der Waals surface area contributed by atoms with E-state index in [0.717, 1.165) is 55.7 Å². The van der Waals surface area contributed by atoms with E-state index >= 15 is 0 Å². The first kappa shape index (κ1) is 19.3. The monoisotopic (exact) mass is 373 g/mol. The number of likely N-dealkylation sites (tertiary alicyclic amines) is 1. The first-order valence-corrected chi connectivity index (χ1v) is 10.7. The normalized spacial score (nSPS) is 17.6. The number of rotatable bonds is 6. The molecular weight excluding hydrogens is 342 g/mol. The van der Waals surface area contributed by atoms with Crippen molar-refractivity contribution in [3.05, 3.63) is 29.3 Å². The van der Waals surface area contributed by atoms with E-state index in [-0.39, 0.29) is 11.5 Å². The summed E-state index contributed by atoms with van der Waals surface area (Å²) < 4.78 is 1.20. The van der Waals surface area contributed by atoms with Crippen molar-refractivity contribution >= 4 is 27.5 Å². The third-order valence-electron chi connectivity index (χ3n) is 6.21. The number of carbonyl (C=O) groups is 1. The topological polar surface area (TPSA) is 59.2 Å². The van der Waals surface area contributed by atoms with Crippen molar-refractivity contribution in [3.8, 4) is 0 Å². The van der Waals surface area contributed by atoms with Crippen molar-refractivity contribution < 1.29 is 4.79 Å². The van der Waals surface area contributed by atoms with Crippen molar-refractivity contribution in [2.75, 3.05) is 13.1 Å². The van der Waals surface area contributed by atoms with Gasteiger partial charge < -0.3 is 10.6 Å². The second kappa shape index (κ2) is 8.05. The van der Waals surface area contributed by atoms with Gasteiger partial charge in [-0.15, -0.1) is 11.3 Å². The van der Waals surface area contributed by atoms with Crippen LogP contribution in [-0.2, 0) is 11.2 Å². The van der Waals surface area contributed by atoms with E-state index in [1.165, 1.54) is 4.70 Å². The lowest BCUT2D eigenvalue weighted by molar-refractivity contribution is -0.144. The number of hydrogen-bond donors (Lipinski definition) is 1. The van der Waals surface area contributed by atoms with Gasteiger partial charge in [0.1, 0.15) is 0 Å². The van der Waals surface area contributed by atoms with Crippen molar-refractivity contribution in [2.24, 2.45) is 17.1 Å². The summed E-state index contributed by atoms with van der Waals surface area (Å²) in [7, 11) is 0. The highest BCUT2D eigenvalue weighted by atomic mass is 32.1. The minimum atomic E-state index is -0.338. The van der Waals surface area contributed by atoms with Crippen molar-refractivity contribution in [3.63, 3.8) is 0 Å².